The zero-order chi connectivity index (χ0) is 9.42. The predicted molar refractivity (Wildman–Crippen MR) is 47.8 cm³/mol. The highest BCUT2D eigenvalue weighted by Gasteiger charge is 2.11. The molecule has 2 N–H and O–H groups in total. The summed E-state index contributed by atoms with van der Waals surface area (Å²) in [5.74, 6) is -1.00. The normalized spacial score (nSPS) is 10.5. The molecule has 0 amide bonds. The van der Waals surface area contributed by atoms with Gasteiger partial charge in [-0.15, -0.1) is 0 Å². The van der Waals surface area contributed by atoms with Gasteiger partial charge < -0.3 is 10.1 Å². The van der Waals surface area contributed by atoms with Crippen molar-refractivity contribution < 1.29 is 9.90 Å². The number of carbonyl (C=O) groups is 1. The number of aromatic carboxylic acids is 1. The molecule has 2 aromatic rings. The number of nitrogens with zero attached hydrogens (tertiary/aromatic N) is 1. The Kier molecular flexibility index (Phi) is 1.55. The lowest BCUT2D eigenvalue weighted by Crippen LogP contribution is -2.02. The van der Waals surface area contributed by atoms with Crippen LogP contribution in [0.4, 0.5) is 0 Å². The number of hydrogen-bond acceptors (Lipinski definition) is 2. The Bertz CT molecular complexity index is 473. The molecule has 0 atom stereocenters. The Balaban J connectivity index is 2.84. The van der Waals surface area contributed by atoms with E-state index in [1.165, 1.54) is 0 Å². The van der Waals surface area contributed by atoms with E-state index in [0.717, 1.165) is 5.39 Å². The van der Waals surface area contributed by atoms with Crippen molar-refractivity contribution in [2.75, 3.05) is 0 Å². The van der Waals surface area contributed by atoms with E-state index in [-0.39, 0.29) is 5.69 Å². The highest BCUT2D eigenvalue weighted by Crippen LogP contribution is 2.16. The molecule has 0 bridgehead atoms. The molecule has 0 unspecified atom stereocenters. The first-order chi connectivity index (χ1) is 6.18. The minimum Gasteiger partial charge on any atom is -0.476 e. The van der Waals surface area contributed by atoms with Crippen LogP contribution in [-0.4, -0.2) is 21.0 Å². The average molecular weight is 176 g/mol. The minimum absolute atomic E-state index is 0.0833. The summed E-state index contributed by atoms with van der Waals surface area (Å²) in [6, 6.07) is 3.68. The fourth-order valence-electron chi connectivity index (χ4n) is 1.35. The molecule has 66 valence electrons. The predicted octanol–water partition coefficient (Wildman–Crippen LogP) is 1.57. The fraction of sp³-hybridized carbons (Fsp3) is 0.111. The third-order valence-electron chi connectivity index (χ3n) is 1.87. The molecule has 4 heteroatoms. The topological polar surface area (TPSA) is 66.0 Å². The lowest BCUT2D eigenvalue weighted by molar-refractivity contribution is 0.0692. The summed E-state index contributed by atoms with van der Waals surface area (Å²) in [6.45, 7) is 1.78. The maximum absolute atomic E-state index is 10.8. The van der Waals surface area contributed by atoms with Gasteiger partial charge >= 0.3 is 5.97 Å². The number of fused-ring (bicyclic) bond motifs is 1. The zero-order valence-corrected chi connectivity index (χ0v) is 7.03. The number of nitrogens with one attached hydrogen (secondary N) is 1. The lowest BCUT2D eigenvalue weighted by Gasteiger charge is -1.98. The lowest BCUT2D eigenvalue weighted by atomic mass is 10.2. The van der Waals surface area contributed by atoms with Crippen molar-refractivity contribution in [1.82, 2.24) is 9.97 Å². The monoisotopic (exact) mass is 176 g/mol. The highest BCUT2D eigenvalue weighted by molar-refractivity contribution is 6.00. The molecule has 2 heterocycles. The summed E-state index contributed by atoms with van der Waals surface area (Å²) in [7, 11) is 0. The zero-order valence-electron chi connectivity index (χ0n) is 7.03. The smallest absolute Gasteiger partial charge is 0.356 e. The summed E-state index contributed by atoms with van der Waals surface area (Å²) in [4.78, 5) is 17.6. The number of aromatic nitrogens is 2. The quantitative estimate of drug-likeness (QED) is 0.693. The highest BCUT2D eigenvalue weighted by atomic mass is 16.4. The van der Waals surface area contributed by atoms with Gasteiger partial charge in [-0.1, -0.05) is 0 Å². The molecule has 0 aromatic carbocycles. The Labute approximate surface area is 74.2 Å². The summed E-state index contributed by atoms with van der Waals surface area (Å²) in [5.41, 5.74) is 1.38. The first-order valence-electron chi connectivity index (χ1n) is 3.86. The molecule has 2 aromatic heterocycles. The van der Waals surface area contributed by atoms with Gasteiger partial charge in [-0.05, 0) is 19.1 Å². The molecule has 4 nitrogen and oxygen atoms in total. The van der Waals surface area contributed by atoms with Gasteiger partial charge in [-0.25, -0.2) is 9.78 Å². The van der Waals surface area contributed by atoms with E-state index in [2.05, 4.69) is 9.97 Å². The minimum atomic E-state index is -1.00. The first kappa shape index (κ1) is 7.79. The van der Waals surface area contributed by atoms with Gasteiger partial charge in [0.05, 0.1) is 5.52 Å². The van der Waals surface area contributed by atoms with Crippen LogP contribution in [0.2, 0.25) is 0 Å². The van der Waals surface area contributed by atoms with Crippen LogP contribution < -0.4 is 0 Å². The van der Waals surface area contributed by atoms with Crippen LogP contribution >= 0.6 is 0 Å². The van der Waals surface area contributed by atoms with Gasteiger partial charge in [-0.3, -0.25) is 0 Å². The van der Waals surface area contributed by atoms with Crippen molar-refractivity contribution in [3.63, 3.8) is 0 Å². The number of rotatable bonds is 1. The summed E-state index contributed by atoms with van der Waals surface area (Å²) >= 11 is 0. The van der Waals surface area contributed by atoms with E-state index in [1.807, 2.05) is 12.1 Å². The van der Waals surface area contributed by atoms with E-state index in [1.54, 1.807) is 13.1 Å². The molecule has 0 spiro atoms. The number of carboxylic acids is 1. The molecule has 0 aliphatic carbocycles. The van der Waals surface area contributed by atoms with Crippen LogP contribution in [0.3, 0.4) is 0 Å². The van der Waals surface area contributed by atoms with E-state index in [0.29, 0.717) is 11.2 Å². The van der Waals surface area contributed by atoms with Crippen LogP contribution in [0.15, 0.2) is 18.3 Å². The van der Waals surface area contributed by atoms with E-state index < -0.39 is 5.97 Å². The molecular weight excluding hydrogens is 168 g/mol. The Hall–Kier alpha value is -1.84. The average Bonchev–Trinajstić information content (AvgIpc) is 2.49. The van der Waals surface area contributed by atoms with Crippen molar-refractivity contribution >= 4 is 16.9 Å². The van der Waals surface area contributed by atoms with Crippen LogP contribution in [0.5, 0.6) is 0 Å². The molecule has 13 heavy (non-hydrogen) atoms. The third kappa shape index (κ3) is 1.16. The Morgan fingerprint density at radius 2 is 2.38 bits per heavy atom. The number of aromatic amines is 1. The van der Waals surface area contributed by atoms with E-state index in [9.17, 15) is 4.79 Å². The Morgan fingerprint density at radius 3 is 3.08 bits per heavy atom. The van der Waals surface area contributed by atoms with Crippen LogP contribution in [0.25, 0.3) is 10.9 Å². The molecule has 0 saturated heterocycles. The molecule has 0 aliphatic heterocycles. The maximum Gasteiger partial charge on any atom is 0.356 e. The number of pyridine rings is 1. The van der Waals surface area contributed by atoms with E-state index in [4.69, 9.17) is 5.11 Å². The maximum atomic E-state index is 10.8. The first-order valence-corrected chi connectivity index (χ1v) is 3.86. The second-order valence-corrected chi connectivity index (χ2v) is 2.86. The van der Waals surface area contributed by atoms with Gasteiger partial charge in [0, 0.05) is 17.3 Å². The van der Waals surface area contributed by atoms with Crippen molar-refractivity contribution in [3.8, 4) is 0 Å². The number of H-pyrrole nitrogens is 1. The van der Waals surface area contributed by atoms with Crippen LogP contribution in [-0.2, 0) is 0 Å². The molecule has 2 rings (SSSR count). The van der Waals surface area contributed by atoms with E-state index >= 15 is 0 Å². The van der Waals surface area contributed by atoms with Gasteiger partial charge in [0.25, 0.3) is 0 Å². The summed E-state index contributed by atoms with van der Waals surface area (Å²) in [5, 5.41) is 9.72. The van der Waals surface area contributed by atoms with Crippen molar-refractivity contribution in [3.05, 3.63) is 29.7 Å². The molecule has 0 saturated carbocycles. The number of aryl methyl sites for hydroxylation is 1. The number of carboxylic acid groups (broad SMARTS) is 1. The SMILES string of the molecule is Cc1cc2cc[nH]c2c(C(=O)O)n1. The van der Waals surface area contributed by atoms with Crippen molar-refractivity contribution in [2.24, 2.45) is 0 Å². The molecular formula is C9H8N2O2. The second kappa shape index (κ2) is 2.58. The molecule has 0 radical (unpaired) electrons. The molecule has 0 aliphatic rings. The second-order valence-electron chi connectivity index (χ2n) is 2.86. The number of hydrogen-bond donors (Lipinski definition) is 2. The summed E-state index contributed by atoms with van der Waals surface area (Å²) < 4.78 is 0. The van der Waals surface area contributed by atoms with Gasteiger partial charge in [0.1, 0.15) is 0 Å². The largest absolute Gasteiger partial charge is 0.476 e. The van der Waals surface area contributed by atoms with Crippen LogP contribution in [0.1, 0.15) is 16.2 Å². The van der Waals surface area contributed by atoms with Crippen LogP contribution in [0, 0.1) is 6.92 Å². The van der Waals surface area contributed by atoms with Gasteiger partial charge in [0.2, 0.25) is 0 Å². The molecule has 0 fully saturated rings. The fourth-order valence-corrected chi connectivity index (χ4v) is 1.35. The summed E-state index contributed by atoms with van der Waals surface area (Å²) in [6.07, 6.45) is 1.71. The van der Waals surface area contributed by atoms with Crippen molar-refractivity contribution in [2.45, 2.75) is 6.92 Å². The Morgan fingerprint density at radius 1 is 1.62 bits per heavy atom. The van der Waals surface area contributed by atoms with Crippen molar-refractivity contribution in [1.29, 1.82) is 0 Å². The van der Waals surface area contributed by atoms with Gasteiger partial charge in [0.15, 0.2) is 5.69 Å². The third-order valence-corrected chi connectivity index (χ3v) is 1.87. The standard InChI is InChI=1S/C9H8N2O2/c1-5-4-6-2-3-10-7(6)8(11-5)9(12)13/h2-4,10H,1H3,(H,12,13). The van der Waals surface area contributed by atoms with Gasteiger partial charge in [-0.2, -0.15) is 0 Å².